The number of amides is 1. The van der Waals surface area contributed by atoms with Crippen molar-refractivity contribution in [1.29, 1.82) is 0 Å². The van der Waals surface area contributed by atoms with Crippen LogP contribution < -0.4 is 11.1 Å². The fourth-order valence-electron chi connectivity index (χ4n) is 1.76. The lowest BCUT2D eigenvalue weighted by Crippen LogP contribution is -2.44. The monoisotopic (exact) mass is 246 g/mol. The molecule has 0 radical (unpaired) electrons. The topological polar surface area (TPSA) is 55.1 Å². The first-order chi connectivity index (χ1) is 8.63. The minimum atomic E-state index is -0.447. The van der Waals surface area contributed by atoms with E-state index < -0.39 is 6.04 Å². The maximum Gasteiger partial charge on any atom is 0.237 e. The molecule has 0 aliphatic heterocycles. The summed E-state index contributed by atoms with van der Waals surface area (Å²) in [5.41, 5.74) is 7.08. The third-order valence-electron chi connectivity index (χ3n) is 2.83. The highest BCUT2D eigenvalue weighted by Crippen LogP contribution is 2.04. The van der Waals surface area contributed by atoms with Crippen molar-refractivity contribution in [1.82, 2.24) is 5.32 Å². The molecule has 3 N–H and O–H groups in total. The van der Waals surface area contributed by atoms with Crippen molar-refractivity contribution in [3.05, 3.63) is 48.6 Å². The maximum absolute atomic E-state index is 11.8. The standard InChI is InChI=1S/C15H22N2O/c1-3-7-12(2)17-15(18)14(16)11-10-13-8-5-4-6-9-13/h3-6,8-9,12,14H,1,7,10-11,16H2,2H3,(H,17,18)/t12?,14-/m0/s1. The summed E-state index contributed by atoms with van der Waals surface area (Å²) in [5.74, 6) is -0.0831. The van der Waals surface area contributed by atoms with Crippen molar-refractivity contribution in [3.8, 4) is 0 Å². The van der Waals surface area contributed by atoms with Crippen LogP contribution in [-0.2, 0) is 11.2 Å². The van der Waals surface area contributed by atoms with Crippen molar-refractivity contribution < 1.29 is 4.79 Å². The van der Waals surface area contributed by atoms with Crippen molar-refractivity contribution >= 4 is 5.91 Å². The van der Waals surface area contributed by atoms with Gasteiger partial charge in [-0.2, -0.15) is 0 Å². The quantitative estimate of drug-likeness (QED) is 0.723. The number of aryl methyl sites for hydroxylation is 1. The lowest BCUT2D eigenvalue weighted by molar-refractivity contribution is -0.123. The van der Waals surface area contributed by atoms with Gasteiger partial charge in [-0.3, -0.25) is 4.79 Å². The van der Waals surface area contributed by atoms with E-state index in [-0.39, 0.29) is 11.9 Å². The number of rotatable bonds is 7. The van der Waals surface area contributed by atoms with Crippen LogP contribution in [0.15, 0.2) is 43.0 Å². The van der Waals surface area contributed by atoms with E-state index in [9.17, 15) is 4.79 Å². The van der Waals surface area contributed by atoms with Crippen molar-refractivity contribution in [2.45, 2.75) is 38.3 Å². The van der Waals surface area contributed by atoms with Crippen molar-refractivity contribution in [2.75, 3.05) is 0 Å². The molecule has 0 saturated carbocycles. The molecule has 0 spiro atoms. The van der Waals surface area contributed by atoms with Gasteiger partial charge in [-0.1, -0.05) is 36.4 Å². The lowest BCUT2D eigenvalue weighted by atomic mass is 10.0. The Morgan fingerprint density at radius 2 is 2.11 bits per heavy atom. The zero-order chi connectivity index (χ0) is 13.4. The van der Waals surface area contributed by atoms with Crippen LogP contribution in [-0.4, -0.2) is 18.0 Å². The molecule has 0 fully saturated rings. The Morgan fingerprint density at radius 3 is 2.72 bits per heavy atom. The van der Waals surface area contributed by atoms with Crippen LogP contribution in [0.1, 0.15) is 25.3 Å². The summed E-state index contributed by atoms with van der Waals surface area (Å²) in [6.07, 6.45) is 4.04. The summed E-state index contributed by atoms with van der Waals surface area (Å²) < 4.78 is 0. The second kappa shape index (κ2) is 7.67. The molecule has 3 heteroatoms. The minimum absolute atomic E-state index is 0.0831. The molecule has 1 rings (SSSR count). The fourth-order valence-corrected chi connectivity index (χ4v) is 1.76. The average molecular weight is 246 g/mol. The van der Waals surface area contributed by atoms with E-state index in [1.165, 1.54) is 5.56 Å². The van der Waals surface area contributed by atoms with E-state index in [1.807, 2.05) is 37.3 Å². The molecule has 98 valence electrons. The van der Waals surface area contributed by atoms with Gasteiger partial charge in [-0.25, -0.2) is 0 Å². The molecule has 1 amide bonds. The Bertz CT molecular complexity index is 375. The second-order valence-corrected chi connectivity index (χ2v) is 4.56. The molecular weight excluding hydrogens is 224 g/mol. The van der Waals surface area contributed by atoms with Crippen LogP contribution in [0.5, 0.6) is 0 Å². The number of carbonyl (C=O) groups excluding carboxylic acids is 1. The van der Waals surface area contributed by atoms with E-state index in [2.05, 4.69) is 11.9 Å². The molecule has 0 heterocycles. The van der Waals surface area contributed by atoms with Crippen LogP contribution in [0.4, 0.5) is 0 Å². The summed E-state index contributed by atoms with van der Waals surface area (Å²) in [5, 5.41) is 2.88. The van der Waals surface area contributed by atoms with Gasteiger partial charge < -0.3 is 11.1 Å². The van der Waals surface area contributed by atoms with Gasteiger partial charge in [0.1, 0.15) is 0 Å². The second-order valence-electron chi connectivity index (χ2n) is 4.56. The molecule has 0 aromatic heterocycles. The number of hydrogen-bond acceptors (Lipinski definition) is 2. The first-order valence-electron chi connectivity index (χ1n) is 6.34. The predicted molar refractivity (Wildman–Crippen MR) is 75.2 cm³/mol. The van der Waals surface area contributed by atoms with Crippen LogP contribution in [0.2, 0.25) is 0 Å². The zero-order valence-corrected chi connectivity index (χ0v) is 10.9. The maximum atomic E-state index is 11.8. The van der Waals surface area contributed by atoms with Gasteiger partial charge in [0.05, 0.1) is 6.04 Å². The highest BCUT2D eigenvalue weighted by atomic mass is 16.2. The fraction of sp³-hybridized carbons (Fsp3) is 0.400. The summed E-state index contributed by atoms with van der Waals surface area (Å²) >= 11 is 0. The van der Waals surface area contributed by atoms with Gasteiger partial charge in [-0.15, -0.1) is 6.58 Å². The molecule has 3 nitrogen and oxygen atoms in total. The third kappa shape index (κ3) is 5.15. The van der Waals surface area contributed by atoms with Crippen LogP contribution >= 0.6 is 0 Å². The highest BCUT2D eigenvalue weighted by molar-refractivity contribution is 5.81. The minimum Gasteiger partial charge on any atom is -0.352 e. The SMILES string of the molecule is C=CCC(C)NC(=O)[C@@H](N)CCc1ccccc1. The van der Waals surface area contributed by atoms with E-state index in [0.717, 1.165) is 12.8 Å². The summed E-state index contributed by atoms with van der Waals surface area (Å²) in [4.78, 5) is 11.8. The average Bonchev–Trinajstić information content (AvgIpc) is 2.37. The van der Waals surface area contributed by atoms with Crippen LogP contribution in [0, 0.1) is 0 Å². The summed E-state index contributed by atoms with van der Waals surface area (Å²) in [6.45, 7) is 5.59. The van der Waals surface area contributed by atoms with Gasteiger partial charge in [0, 0.05) is 6.04 Å². The number of carbonyl (C=O) groups is 1. The third-order valence-corrected chi connectivity index (χ3v) is 2.83. The lowest BCUT2D eigenvalue weighted by Gasteiger charge is -2.16. The Morgan fingerprint density at radius 1 is 1.44 bits per heavy atom. The van der Waals surface area contributed by atoms with Crippen molar-refractivity contribution in [3.63, 3.8) is 0 Å². The number of nitrogens with one attached hydrogen (secondary N) is 1. The molecular formula is C15H22N2O. The van der Waals surface area contributed by atoms with E-state index in [0.29, 0.717) is 6.42 Å². The Kier molecular flexibility index (Phi) is 6.15. The molecule has 0 bridgehead atoms. The number of nitrogens with two attached hydrogens (primary N) is 1. The Balaban J connectivity index is 2.34. The zero-order valence-electron chi connectivity index (χ0n) is 10.9. The first kappa shape index (κ1) is 14.5. The van der Waals surface area contributed by atoms with E-state index in [4.69, 9.17) is 5.73 Å². The van der Waals surface area contributed by atoms with Gasteiger partial charge in [0.15, 0.2) is 0 Å². The summed E-state index contributed by atoms with van der Waals surface area (Å²) in [7, 11) is 0. The molecule has 1 aromatic carbocycles. The Labute approximate surface area is 109 Å². The number of hydrogen-bond donors (Lipinski definition) is 2. The number of benzene rings is 1. The molecule has 18 heavy (non-hydrogen) atoms. The smallest absolute Gasteiger partial charge is 0.237 e. The van der Waals surface area contributed by atoms with Gasteiger partial charge in [0.2, 0.25) is 5.91 Å². The Hall–Kier alpha value is -1.61. The molecule has 2 atom stereocenters. The normalized spacial score (nSPS) is 13.7. The van der Waals surface area contributed by atoms with E-state index in [1.54, 1.807) is 6.08 Å². The highest BCUT2D eigenvalue weighted by Gasteiger charge is 2.14. The van der Waals surface area contributed by atoms with Gasteiger partial charge >= 0.3 is 0 Å². The molecule has 0 aliphatic rings. The molecule has 1 unspecified atom stereocenters. The molecule has 1 aromatic rings. The molecule has 0 aliphatic carbocycles. The van der Waals surface area contributed by atoms with Gasteiger partial charge in [0.25, 0.3) is 0 Å². The van der Waals surface area contributed by atoms with E-state index >= 15 is 0 Å². The predicted octanol–water partition coefficient (Wildman–Crippen LogP) is 2.03. The largest absolute Gasteiger partial charge is 0.352 e. The van der Waals surface area contributed by atoms with Crippen LogP contribution in [0.25, 0.3) is 0 Å². The van der Waals surface area contributed by atoms with Gasteiger partial charge in [-0.05, 0) is 31.7 Å². The van der Waals surface area contributed by atoms with Crippen LogP contribution in [0.3, 0.4) is 0 Å². The summed E-state index contributed by atoms with van der Waals surface area (Å²) in [6, 6.07) is 9.71. The molecule has 0 saturated heterocycles. The van der Waals surface area contributed by atoms with Crippen molar-refractivity contribution in [2.24, 2.45) is 5.73 Å². The first-order valence-corrected chi connectivity index (χ1v) is 6.34.